The molecule has 0 spiro atoms. The molecule has 1 heterocycles. The normalized spacial score (nSPS) is 13.4. The van der Waals surface area contributed by atoms with E-state index in [9.17, 15) is 19.1 Å². The maximum absolute atomic E-state index is 13.8. The van der Waals surface area contributed by atoms with Gasteiger partial charge in [0, 0.05) is 24.9 Å². The third-order valence-corrected chi connectivity index (χ3v) is 4.96. The lowest BCUT2D eigenvalue weighted by Gasteiger charge is -2.30. The van der Waals surface area contributed by atoms with Crippen molar-refractivity contribution >= 4 is 22.7 Å². The molecule has 1 aromatic carbocycles. The highest BCUT2D eigenvalue weighted by Gasteiger charge is 2.34. The molecule has 0 saturated carbocycles. The highest BCUT2D eigenvalue weighted by atomic mass is 19.1. The van der Waals surface area contributed by atoms with E-state index < -0.39 is 41.8 Å². The SMILES string of the molecule is CC(C)(C)C(NC(=O)c1nn(CCCCC#N)c2cc(F)ccc12)C(=O)NCC(O)CO. The van der Waals surface area contributed by atoms with Crippen LogP contribution in [0.25, 0.3) is 10.9 Å². The fraction of sp³-hybridized carbons (Fsp3) is 0.545. The average molecular weight is 448 g/mol. The summed E-state index contributed by atoms with van der Waals surface area (Å²) >= 11 is 0. The number of aromatic nitrogens is 2. The molecule has 2 amide bonds. The van der Waals surface area contributed by atoms with Crippen LogP contribution in [0.1, 0.15) is 50.5 Å². The Balaban J connectivity index is 2.28. The van der Waals surface area contributed by atoms with Gasteiger partial charge in [0.2, 0.25) is 5.91 Å². The number of carbonyl (C=O) groups excluding carboxylic acids is 2. The van der Waals surface area contributed by atoms with E-state index in [2.05, 4.69) is 21.8 Å². The van der Waals surface area contributed by atoms with Crippen molar-refractivity contribution in [2.24, 2.45) is 5.41 Å². The summed E-state index contributed by atoms with van der Waals surface area (Å²) in [6.45, 7) is 5.10. The summed E-state index contributed by atoms with van der Waals surface area (Å²) in [5, 5.41) is 37.1. The fourth-order valence-electron chi connectivity index (χ4n) is 3.21. The van der Waals surface area contributed by atoms with Gasteiger partial charge in [-0.1, -0.05) is 20.8 Å². The first-order valence-electron chi connectivity index (χ1n) is 10.5. The number of nitriles is 1. The summed E-state index contributed by atoms with van der Waals surface area (Å²) < 4.78 is 15.4. The Bertz CT molecular complexity index is 993. The number of carbonyl (C=O) groups is 2. The molecule has 1 aromatic heterocycles. The Morgan fingerprint density at radius 2 is 2.03 bits per heavy atom. The van der Waals surface area contributed by atoms with Gasteiger partial charge in [0.25, 0.3) is 5.91 Å². The summed E-state index contributed by atoms with van der Waals surface area (Å²) in [5.74, 6) is -1.56. The summed E-state index contributed by atoms with van der Waals surface area (Å²) in [6.07, 6.45) is 0.586. The lowest BCUT2D eigenvalue weighted by Crippen LogP contribution is -2.54. The number of halogens is 1. The van der Waals surface area contributed by atoms with Gasteiger partial charge in [-0.3, -0.25) is 14.3 Å². The molecule has 0 aliphatic heterocycles. The van der Waals surface area contributed by atoms with Gasteiger partial charge in [-0.05, 0) is 36.5 Å². The maximum atomic E-state index is 13.8. The van der Waals surface area contributed by atoms with Gasteiger partial charge < -0.3 is 20.8 Å². The van der Waals surface area contributed by atoms with Crippen molar-refractivity contribution in [3.05, 3.63) is 29.7 Å². The lowest BCUT2D eigenvalue weighted by atomic mass is 9.86. The number of nitrogens with zero attached hydrogens (tertiary/aromatic N) is 3. The largest absolute Gasteiger partial charge is 0.394 e. The molecule has 2 aromatic rings. The predicted octanol–water partition coefficient (Wildman–Crippen LogP) is 1.48. The van der Waals surface area contributed by atoms with Crippen molar-refractivity contribution in [3.8, 4) is 6.07 Å². The van der Waals surface area contributed by atoms with Crippen molar-refractivity contribution in [2.45, 2.75) is 58.7 Å². The number of aliphatic hydroxyl groups is 2. The number of nitrogens with one attached hydrogen (secondary N) is 2. The molecule has 2 atom stereocenters. The smallest absolute Gasteiger partial charge is 0.273 e. The first-order chi connectivity index (χ1) is 15.1. The quantitative estimate of drug-likeness (QED) is 0.407. The van der Waals surface area contributed by atoms with E-state index >= 15 is 0 Å². The molecule has 174 valence electrons. The van der Waals surface area contributed by atoms with Crippen molar-refractivity contribution in [3.63, 3.8) is 0 Å². The van der Waals surface area contributed by atoms with Crippen molar-refractivity contribution < 1.29 is 24.2 Å². The lowest BCUT2D eigenvalue weighted by molar-refractivity contribution is -0.125. The van der Waals surface area contributed by atoms with Crippen LogP contribution in [0.5, 0.6) is 0 Å². The van der Waals surface area contributed by atoms with E-state index in [0.29, 0.717) is 36.7 Å². The Hall–Kier alpha value is -3.03. The fourth-order valence-corrected chi connectivity index (χ4v) is 3.21. The van der Waals surface area contributed by atoms with Crippen LogP contribution >= 0.6 is 0 Å². The third-order valence-electron chi connectivity index (χ3n) is 4.96. The van der Waals surface area contributed by atoms with Gasteiger partial charge in [0.15, 0.2) is 5.69 Å². The van der Waals surface area contributed by atoms with E-state index in [-0.39, 0.29) is 12.2 Å². The highest BCUT2D eigenvalue weighted by molar-refractivity contribution is 6.06. The first-order valence-corrected chi connectivity index (χ1v) is 10.5. The van der Waals surface area contributed by atoms with Gasteiger partial charge in [0.05, 0.1) is 24.3 Å². The number of aryl methyl sites for hydroxylation is 1. The van der Waals surface area contributed by atoms with E-state index in [1.807, 2.05) is 0 Å². The number of aliphatic hydroxyl groups excluding tert-OH is 2. The topological polar surface area (TPSA) is 140 Å². The summed E-state index contributed by atoms with van der Waals surface area (Å²) in [7, 11) is 0. The molecule has 2 unspecified atom stereocenters. The zero-order valence-corrected chi connectivity index (χ0v) is 18.6. The van der Waals surface area contributed by atoms with Crippen LogP contribution in [-0.4, -0.2) is 57.1 Å². The molecular formula is C22H30FN5O4. The number of amides is 2. The molecule has 0 aliphatic rings. The molecular weight excluding hydrogens is 417 g/mol. The van der Waals surface area contributed by atoms with Crippen LogP contribution in [0.3, 0.4) is 0 Å². The second-order valence-corrected chi connectivity index (χ2v) is 8.70. The van der Waals surface area contributed by atoms with Crippen molar-refractivity contribution in [1.82, 2.24) is 20.4 Å². The second-order valence-electron chi connectivity index (χ2n) is 8.70. The van der Waals surface area contributed by atoms with E-state index in [1.165, 1.54) is 22.9 Å². The zero-order chi connectivity index (χ0) is 23.9. The van der Waals surface area contributed by atoms with Crippen LogP contribution in [0.4, 0.5) is 4.39 Å². The van der Waals surface area contributed by atoms with Crippen molar-refractivity contribution in [2.75, 3.05) is 13.2 Å². The number of hydrogen-bond donors (Lipinski definition) is 4. The molecule has 0 bridgehead atoms. The Kier molecular flexibility index (Phi) is 8.69. The minimum absolute atomic E-state index is 0.0673. The summed E-state index contributed by atoms with van der Waals surface area (Å²) in [4.78, 5) is 25.8. The summed E-state index contributed by atoms with van der Waals surface area (Å²) in [6, 6.07) is 5.14. The zero-order valence-electron chi connectivity index (χ0n) is 18.6. The van der Waals surface area contributed by atoms with E-state index in [4.69, 9.17) is 10.4 Å². The van der Waals surface area contributed by atoms with Crippen LogP contribution in [0, 0.1) is 22.6 Å². The van der Waals surface area contributed by atoms with Gasteiger partial charge >= 0.3 is 0 Å². The number of benzene rings is 1. The third kappa shape index (κ3) is 6.48. The number of hydrogen-bond acceptors (Lipinski definition) is 6. The Morgan fingerprint density at radius 1 is 1.31 bits per heavy atom. The van der Waals surface area contributed by atoms with Crippen molar-refractivity contribution in [1.29, 1.82) is 5.26 Å². The van der Waals surface area contributed by atoms with Crippen LogP contribution in [-0.2, 0) is 11.3 Å². The summed E-state index contributed by atoms with van der Waals surface area (Å²) in [5.41, 5.74) is -0.140. The van der Waals surface area contributed by atoms with Gasteiger partial charge in [-0.25, -0.2) is 4.39 Å². The van der Waals surface area contributed by atoms with Crippen LogP contribution in [0.2, 0.25) is 0 Å². The Labute approximate surface area is 186 Å². The van der Waals surface area contributed by atoms with E-state index in [1.54, 1.807) is 20.8 Å². The first kappa shape index (κ1) is 25.2. The molecule has 9 nitrogen and oxygen atoms in total. The van der Waals surface area contributed by atoms with Gasteiger partial charge in [-0.15, -0.1) is 0 Å². The minimum Gasteiger partial charge on any atom is -0.394 e. The second kappa shape index (κ2) is 11.0. The molecule has 0 saturated heterocycles. The molecule has 10 heteroatoms. The molecule has 0 radical (unpaired) electrons. The average Bonchev–Trinajstić information content (AvgIpc) is 3.09. The standard InChI is InChI=1S/C22H30FN5O4/c1-22(2,3)19(21(32)25-12-15(30)13-29)26-20(31)18-16-8-7-14(23)11-17(16)28(27-18)10-6-4-5-9-24/h7-8,11,15,19,29-30H,4-6,10,12-13H2,1-3H3,(H,25,32)(H,26,31). The minimum atomic E-state index is -1.11. The van der Waals surface area contributed by atoms with Crippen LogP contribution in [0.15, 0.2) is 18.2 Å². The van der Waals surface area contributed by atoms with Gasteiger partial charge in [-0.2, -0.15) is 10.4 Å². The molecule has 0 aliphatic carbocycles. The molecule has 4 N–H and O–H groups in total. The molecule has 2 rings (SSSR count). The number of rotatable bonds is 10. The predicted molar refractivity (Wildman–Crippen MR) is 116 cm³/mol. The molecule has 0 fully saturated rings. The maximum Gasteiger partial charge on any atom is 0.273 e. The number of unbranched alkanes of at least 4 members (excludes halogenated alkanes) is 2. The monoisotopic (exact) mass is 447 g/mol. The van der Waals surface area contributed by atoms with Gasteiger partial charge in [0.1, 0.15) is 11.9 Å². The Morgan fingerprint density at radius 3 is 2.66 bits per heavy atom. The van der Waals surface area contributed by atoms with Crippen LogP contribution < -0.4 is 10.6 Å². The highest BCUT2D eigenvalue weighted by Crippen LogP contribution is 2.23. The van der Waals surface area contributed by atoms with E-state index in [0.717, 1.165) is 0 Å². The number of fused-ring (bicyclic) bond motifs is 1. The molecule has 32 heavy (non-hydrogen) atoms.